The number of halogens is 1. The normalized spacial score (nSPS) is 15.9. The molecule has 3 N–H and O–H groups in total. The molecule has 1 aliphatic heterocycles. The van der Waals surface area contributed by atoms with Crippen molar-refractivity contribution in [2.75, 3.05) is 46.9 Å². The van der Waals surface area contributed by atoms with Crippen LogP contribution in [0.15, 0.2) is 23.2 Å². The van der Waals surface area contributed by atoms with Crippen LogP contribution in [-0.2, 0) is 6.42 Å². The molecular weight excluding hydrogens is 455 g/mol. The standard InChI is InChI=1S/C20H34N4O2.HI/c1-4-11-24-12-8-17(9-13-24)15-23-20(21)22-10-7-16-5-6-18(25-2)19(14-16)26-3;/h5-6,14,17H,4,7-13,15H2,1-3H3,(H3,21,22,23);1H. The third kappa shape index (κ3) is 8.13. The van der Waals surface area contributed by atoms with Crippen LogP contribution in [0, 0.1) is 5.92 Å². The Morgan fingerprint density at radius 2 is 1.93 bits per heavy atom. The Bertz CT molecular complexity index is 575. The first-order chi connectivity index (χ1) is 12.7. The van der Waals surface area contributed by atoms with Gasteiger partial charge in [-0.2, -0.15) is 0 Å². The Balaban J connectivity index is 0.00000364. The van der Waals surface area contributed by atoms with Crippen molar-refractivity contribution in [2.45, 2.75) is 32.6 Å². The van der Waals surface area contributed by atoms with E-state index in [1.54, 1.807) is 14.2 Å². The summed E-state index contributed by atoms with van der Waals surface area (Å²) in [6, 6.07) is 5.97. The summed E-state index contributed by atoms with van der Waals surface area (Å²) in [6.45, 7) is 7.43. The van der Waals surface area contributed by atoms with Gasteiger partial charge >= 0.3 is 0 Å². The highest BCUT2D eigenvalue weighted by atomic mass is 127. The summed E-state index contributed by atoms with van der Waals surface area (Å²) in [4.78, 5) is 7.08. The molecule has 0 bridgehead atoms. The van der Waals surface area contributed by atoms with Crippen LogP contribution in [0.1, 0.15) is 31.7 Å². The van der Waals surface area contributed by atoms with E-state index in [1.807, 2.05) is 18.2 Å². The van der Waals surface area contributed by atoms with E-state index in [9.17, 15) is 0 Å². The molecule has 0 radical (unpaired) electrons. The van der Waals surface area contributed by atoms with Crippen LogP contribution in [0.4, 0.5) is 0 Å². The molecule has 1 fully saturated rings. The summed E-state index contributed by atoms with van der Waals surface area (Å²) in [5, 5.41) is 3.21. The fourth-order valence-electron chi connectivity index (χ4n) is 3.36. The minimum absolute atomic E-state index is 0. The van der Waals surface area contributed by atoms with Gasteiger partial charge < -0.3 is 25.4 Å². The first-order valence-electron chi connectivity index (χ1n) is 9.63. The van der Waals surface area contributed by atoms with Gasteiger partial charge in [-0.1, -0.05) is 13.0 Å². The van der Waals surface area contributed by atoms with Crippen LogP contribution in [0.2, 0.25) is 0 Å². The molecule has 0 amide bonds. The number of rotatable bonds is 9. The smallest absolute Gasteiger partial charge is 0.188 e. The minimum Gasteiger partial charge on any atom is -0.493 e. The zero-order valence-corrected chi connectivity index (χ0v) is 19.2. The van der Waals surface area contributed by atoms with Crippen molar-refractivity contribution in [2.24, 2.45) is 16.6 Å². The van der Waals surface area contributed by atoms with E-state index in [4.69, 9.17) is 15.2 Å². The molecule has 1 heterocycles. The van der Waals surface area contributed by atoms with Gasteiger partial charge in [-0.15, -0.1) is 24.0 Å². The summed E-state index contributed by atoms with van der Waals surface area (Å²) in [7, 11) is 3.29. The SMILES string of the molecule is CCCN1CCC(CN=C(N)NCCc2ccc(OC)c(OC)c2)CC1.I. The van der Waals surface area contributed by atoms with E-state index in [1.165, 1.54) is 44.5 Å². The summed E-state index contributed by atoms with van der Waals surface area (Å²) in [6.07, 6.45) is 4.54. The third-order valence-electron chi connectivity index (χ3n) is 4.93. The molecule has 1 aromatic carbocycles. The Hall–Kier alpha value is -1.22. The van der Waals surface area contributed by atoms with E-state index < -0.39 is 0 Å². The largest absolute Gasteiger partial charge is 0.493 e. The maximum atomic E-state index is 6.02. The van der Waals surface area contributed by atoms with Crippen LogP contribution in [-0.4, -0.2) is 57.8 Å². The predicted molar refractivity (Wildman–Crippen MR) is 123 cm³/mol. The van der Waals surface area contributed by atoms with Crippen molar-refractivity contribution >= 4 is 29.9 Å². The highest BCUT2D eigenvalue weighted by molar-refractivity contribution is 14.0. The van der Waals surface area contributed by atoms with Crippen molar-refractivity contribution in [1.82, 2.24) is 10.2 Å². The molecule has 7 heteroatoms. The second-order valence-corrected chi connectivity index (χ2v) is 6.88. The molecule has 0 spiro atoms. The van der Waals surface area contributed by atoms with Crippen LogP contribution in [0.25, 0.3) is 0 Å². The fraction of sp³-hybridized carbons (Fsp3) is 0.650. The van der Waals surface area contributed by atoms with E-state index in [-0.39, 0.29) is 24.0 Å². The average Bonchev–Trinajstić information content (AvgIpc) is 2.67. The Morgan fingerprint density at radius 3 is 2.56 bits per heavy atom. The number of ether oxygens (including phenoxy) is 2. The summed E-state index contributed by atoms with van der Waals surface area (Å²) in [5.41, 5.74) is 7.19. The zero-order valence-electron chi connectivity index (χ0n) is 16.9. The topological polar surface area (TPSA) is 72.1 Å². The molecule has 2 rings (SSSR count). The number of aliphatic imine (C=N–C) groups is 1. The van der Waals surface area contributed by atoms with Crippen LogP contribution < -0.4 is 20.5 Å². The Labute approximate surface area is 180 Å². The van der Waals surface area contributed by atoms with Crippen LogP contribution in [0.5, 0.6) is 11.5 Å². The van der Waals surface area contributed by atoms with Crippen molar-refractivity contribution in [3.05, 3.63) is 23.8 Å². The van der Waals surface area contributed by atoms with Gasteiger partial charge in [0.05, 0.1) is 14.2 Å². The number of hydrogen-bond donors (Lipinski definition) is 2. The molecule has 6 nitrogen and oxygen atoms in total. The van der Waals surface area contributed by atoms with Gasteiger partial charge in [0.25, 0.3) is 0 Å². The molecule has 0 aliphatic carbocycles. The molecule has 1 saturated heterocycles. The second kappa shape index (κ2) is 13.0. The number of benzene rings is 1. The third-order valence-corrected chi connectivity index (χ3v) is 4.93. The van der Waals surface area contributed by atoms with Gasteiger partial charge in [0.1, 0.15) is 0 Å². The number of nitrogens with zero attached hydrogens (tertiary/aromatic N) is 2. The number of piperidine rings is 1. The number of methoxy groups -OCH3 is 2. The number of hydrogen-bond acceptors (Lipinski definition) is 4. The predicted octanol–water partition coefficient (Wildman–Crippen LogP) is 2.89. The van der Waals surface area contributed by atoms with Crippen molar-refractivity contribution in [3.63, 3.8) is 0 Å². The molecular formula is C20H35IN4O2. The highest BCUT2D eigenvalue weighted by Crippen LogP contribution is 2.27. The molecule has 0 aromatic heterocycles. The van der Waals surface area contributed by atoms with Gasteiger partial charge in [-0.25, -0.2) is 0 Å². The first-order valence-corrected chi connectivity index (χ1v) is 9.63. The lowest BCUT2D eigenvalue weighted by molar-refractivity contribution is 0.188. The van der Waals surface area contributed by atoms with E-state index in [2.05, 4.69) is 22.1 Å². The number of nitrogens with one attached hydrogen (secondary N) is 1. The van der Waals surface area contributed by atoms with Crippen molar-refractivity contribution in [1.29, 1.82) is 0 Å². The van der Waals surface area contributed by atoms with Gasteiger partial charge in [-0.3, -0.25) is 4.99 Å². The maximum absolute atomic E-state index is 6.02. The molecule has 0 saturated carbocycles. The summed E-state index contributed by atoms with van der Waals surface area (Å²) >= 11 is 0. The molecule has 0 atom stereocenters. The molecule has 1 aliphatic rings. The van der Waals surface area contributed by atoms with Crippen molar-refractivity contribution in [3.8, 4) is 11.5 Å². The summed E-state index contributed by atoms with van der Waals surface area (Å²) < 4.78 is 10.6. The van der Waals surface area contributed by atoms with E-state index in [0.29, 0.717) is 11.9 Å². The lowest BCUT2D eigenvalue weighted by Crippen LogP contribution is -2.36. The lowest BCUT2D eigenvalue weighted by Gasteiger charge is -2.30. The van der Waals surface area contributed by atoms with Gasteiger partial charge in [0, 0.05) is 13.1 Å². The zero-order chi connectivity index (χ0) is 18.8. The molecule has 27 heavy (non-hydrogen) atoms. The minimum atomic E-state index is 0. The fourth-order valence-corrected chi connectivity index (χ4v) is 3.36. The number of likely N-dealkylation sites (tertiary alicyclic amines) is 1. The maximum Gasteiger partial charge on any atom is 0.188 e. The van der Waals surface area contributed by atoms with E-state index in [0.717, 1.165) is 31.0 Å². The Morgan fingerprint density at radius 1 is 1.22 bits per heavy atom. The monoisotopic (exact) mass is 490 g/mol. The molecule has 1 aromatic rings. The average molecular weight is 490 g/mol. The van der Waals surface area contributed by atoms with Gasteiger partial charge in [0.15, 0.2) is 17.5 Å². The Kier molecular flexibility index (Phi) is 11.5. The molecule has 0 unspecified atom stereocenters. The lowest BCUT2D eigenvalue weighted by atomic mass is 9.97. The van der Waals surface area contributed by atoms with Crippen LogP contribution >= 0.6 is 24.0 Å². The van der Waals surface area contributed by atoms with Gasteiger partial charge in [0.2, 0.25) is 0 Å². The van der Waals surface area contributed by atoms with E-state index >= 15 is 0 Å². The number of nitrogens with two attached hydrogens (primary N) is 1. The highest BCUT2D eigenvalue weighted by Gasteiger charge is 2.18. The molecule has 154 valence electrons. The van der Waals surface area contributed by atoms with Gasteiger partial charge in [-0.05, 0) is 68.9 Å². The van der Waals surface area contributed by atoms with Crippen molar-refractivity contribution < 1.29 is 9.47 Å². The second-order valence-electron chi connectivity index (χ2n) is 6.88. The first kappa shape index (κ1) is 23.8. The van der Waals surface area contributed by atoms with Crippen LogP contribution in [0.3, 0.4) is 0 Å². The quantitative estimate of drug-likeness (QED) is 0.317. The summed E-state index contributed by atoms with van der Waals surface area (Å²) in [5.74, 6) is 2.70. The number of guanidine groups is 1.